The van der Waals surface area contributed by atoms with Crippen LogP contribution in [0, 0.1) is 0 Å². The van der Waals surface area contributed by atoms with Crippen molar-refractivity contribution in [2.75, 3.05) is 7.11 Å². The van der Waals surface area contributed by atoms with Crippen LogP contribution >= 0.6 is 0 Å². The van der Waals surface area contributed by atoms with E-state index in [1.807, 2.05) is 0 Å². The lowest BCUT2D eigenvalue weighted by Gasteiger charge is -2.10. The zero-order chi connectivity index (χ0) is 15.7. The highest BCUT2D eigenvalue weighted by molar-refractivity contribution is 5.77. The molecule has 3 aromatic rings. The monoisotopic (exact) mass is 308 g/mol. The molecule has 2 heterocycles. The summed E-state index contributed by atoms with van der Waals surface area (Å²) in [6.45, 7) is 0.00630. The van der Waals surface area contributed by atoms with Gasteiger partial charge in [0.05, 0.1) is 13.7 Å². The SMILES string of the molecule is COc1ncnc2c1nc(C(F)(F)F)n2Cc1ccccc1. The first-order chi connectivity index (χ1) is 10.5. The Morgan fingerprint density at radius 2 is 1.86 bits per heavy atom. The molecule has 5 nitrogen and oxygen atoms in total. The van der Waals surface area contributed by atoms with Gasteiger partial charge in [-0.15, -0.1) is 0 Å². The molecule has 0 N–H and O–H groups in total. The van der Waals surface area contributed by atoms with E-state index in [-0.39, 0.29) is 23.6 Å². The van der Waals surface area contributed by atoms with Gasteiger partial charge >= 0.3 is 6.18 Å². The van der Waals surface area contributed by atoms with Gasteiger partial charge in [0.1, 0.15) is 6.33 Å². The van der Waals surface area contributed by atoms with E-state index in [1.54, 1.807) is 30.3 Å². The number of alkyl halides is 3. The fraction of sp³-hybridized carbons (Fsp3) is 0.214. The molecule has 114 valence electrons. The Labute approximate surface area is 123 Å². The Kier molecular flexibility index (Phi) is 3.44. The molecule has 0 atom stereocenters. The maximum Gasteiger partial charge on any atom is 0.449 e. The maximum atomic E-state index is 13.3. The number of ether oxygens (including phenoxy) is 1. The van der Waals surface area contributed by atoms with E-state index >= 15 is 0 Å². The summed E-state index contributed by atoms with van der Waals surface area (Å²) >= 11 is 0. The van der Waals surface area contributed by atoms with E-state index in [4.69, 9.17) is 4.74 Å². The van der Waals surface area contributed by atoms with Crippen LogP contribution in [-0.2, 0) is 12.7 Å². The Bertz CT molecular complexity index is 799. The van der Waals surface area contributed by atoms with Crippen LogP contribution in [0.15, 0.2) is 36.7 Å². The van der Waals surface area contributed by atoms with Gasteiger partial charge in [0.25, 0.3) is 0 Å². The number of aromatic nitrogens is 4. The lowest BCUT2D eigenvalue weighted by Crippen LogP contribution is -2.15. The Hall–Kier alpha value is -2.64. The van der Waals surface area contributed by atoms with Gasteiger partial charge < -0.3 is 9.30 Å². The van der Waals surface area contributed by atoms with Crippen molar-refractivity contribution < 1.29 is 17.9 Å². The summed E-state index contributed by atoms with van der Waals surface area (Å²) in [7, 11) is 1.32. The maximum absolute atomic E-state index is 13.3. The molecular formula is C14H11F3N4O. The molecule has 0 spiro atoms. The van der Waals surface area contributed by atoms with Crippen LogP contribution in [0.3, 0.4) is 0 Å². The number of rotatable bonds is 3. The molecule has 0 radical (unpaired) electrons. The number of benzene rings is 1. The zero-order valence-electron chi connectivity index (χ0n) is 11.5. The van der Waals surface area contributed by atoms with Gasteiger partial charge in [-0.2, -0.15) is 18.2 Å². The second kappa shape index (κ2) is 5.28. The Morgan fingerprint density at radius 1 is 1.14 bits per heavy atom. The van der Waals surface area contributed by atoms with Gasteiger partial charge in [-0.05, 0) is 5.56 Å². The van der Waals surface area contributed by atoms with Gasteiger partial charge in [-0.3, -0.25) is 0 Å². The first-order valence-corrected chi connectivity index (χ1v) is 6.37. The number of halogens is 3. The second-order valence-electron chi connectivity index (χ2n) is 4.56. The third-order valence-corrected chi connectivity index (χ3v) is 3.13. The van der Waals surface area contributed by atoms with E-state index in [1.165, 1.54) is 7.11 Å². The van der Waals surface area contributed by atoms with Crippen LogP contribution in [0.2, 0.25) is 0 Å². The quantitative estimate of drug-likeness (QED) is 0.746. The average Bonchev–Trinajstić information content (AvgIpc) is 2.87. The van der Waals surface area contributed by atoms with Crippen molar-refractivity contribution in [3.8, 4) is 5.88 Å². The van der Waals surface area contributed by atoms with Crippen LogP contribution in [0.1, 0.15) is 11.4 Å². The van der Waals surface area contributed by atoms with Crippen molar-refractivity contribution in [3.63, 3.8) is 0 Å². The van der Waals surface area contributed by atoms with Crippen LogP contribution in [0.25, 0.3) is 11.2 Å². The number of fused-ring (bicyclic) bond motifs is 1. The molecule has 8 heteroatoms. The van der Waals surface area contributed by atoms with Crippen molar-refractivity contribution >= 4 is 11.2 Å². The number of methoxy groups -OCH3 is 1. The lowest BCUT2D eigenvalue weighted by atomic mass is 10.2. The summed E-state index contributed by atoms with van der Waals surface area (Å²) in [5.74, 6) is -1.01. The van der Waals surface area contributed by atoms with Crippen LogP contribution in [0.4, 0.5) is 13.2 Å². The lowest BCUT2D eigenvalue weighted by molar-refractivity contribution is -0.146. The Morgan fingerprint density at radius 3 is 2.50 bits per heavy atom. The molecule has 0 saturated carbocycles. The standard InChI is InChI=1S/C14H11F3N4O/c1-22-12-10-11(18-8-19-12)21(13(20-10)14(15,16)17)7-9-5-3-2-4-6-9/h2-6,8H,7H2,1H3. The van der Waals surface area contributed by atoms with Crippen LogP contribution < -0.4 is 4.74 Å². The summed E-state index contributed by atoms with van der Waals surface area (Å²) in [6, 6.07) is 8.80. The first-order valence-electron chi connectivity index (χ1n) is 6.37. The summed E-state index contributed by atoms with van der Waals surface area (Å²) in [5, 5.41) is 0. The summed E-state index contributed by atoms with van der Waals surface area (Å²) in [4.78, 5) is 11.4. The number of nitrogens with zero attached hydrogens (tertiary/aromatic N) is 4. The minimum absolute atomic E-state index is 0.00624. The third-order valence-electron chi connectivity index (χ3n) is 3.13. The number of hydrogen-bond donors (Lipinski definition) is 0. The Balaban J connectivity index is 2.21. The zero-order valence-corrected chi connectivity index (χ0v) is 11.5. The van der Waals surface area contributed by atoms with Gasteiger partial charge in [-0.25, -0.2) is 9.97 Å². The fourth-order valence-corrected chi connectivity index (χ4v) is 2.20. The topological polar surface area (TPSA) is 52.8 Å². The van der Waals surface area contributed by atoms with E-state index in [0.29, 0.717) is 5.56 Å². The normalized spacial score (nSPS) is 11.8. The van der Waals surface area contributed by atoms with E-state index in [2.05, 4.69) is 15.0 Å². The van der Waals surface area contributed by atoms with E-state index < -0.39 is 12.0 Å². The number of imidazole rings is 1. The van der Waals surface area contributed by atoms with Crippen molar-refractivity contribution in [1.82, 2.24) is 19.5 Å². The van der Waals surface area contributed by atoms with Crippen molar-refractivity contribution in [2.45, 2.75) is 12.7 Å². The number of hydrogen-bond acceptors (Lipinski definition) is 4. The molecule has 0 aliphatic heterocycles. The largest absolute Gasteiger partial charge is 0.479 e. The summed E-state index contributed by atoms with van der Waals surface area (Å²) in [6.07, 6.45) is -3.44. The molecular weight excluding hydrogens is 297 g/mol. The predicted octanol–water partition coefficient (Wildman–Crippen LogP) is 2.90. The minimum atomic E-state index is -4.60. The van der Waals surface area contributed by atoms with Gasteiger partial charge in [0.15, 0.2) is 11.2 Å². The smallest absolute Gasteiger partial charge is 0.449 e. The molecule has 22 heavy (non-hydrogen) atoms. The second-order valence-corrected chi connectivity index (χ2v) is 4.56. The average molecular weight is 308 g/mol. The molecule has 3 rings (SSSR count). The molecule has 0 unspecified atom stereocenters. The first kappa shape index (κ1) is 14.3. The van der Waals surface area contributed by atoms with E-state index in [9.17, 15) is 13.2 Å². The summed E-state index contributed by atoms with van der Waals surface area (Å²) in [5.41, 5.74) is 0.793. The summed E-state index contributed by atoms with van der Waals surface area (Å²) < 4.78 is 45.7. The van der Waals surface area contributed by atoms with Crippen molar-refractivity contribution in [3.05, 3.63) is 48.0 Å². The van der Waals surface area contributed by atoms with Crippen LogP contribution in [0.5, 0.6) is 5.88 Å². The fourth-order valence-electron chi connectivity index (χ4n) is 2.20. The van der Waals surface area contributed by atoms with Crippen molar-refractivity contribution in [1.29, 1.82) is 0 Å². The van der Waals surface area contributed by atoms with Crippen molar-refractivity contribution in [2.24, 2.45) is 0 Å². The highest BCUT2D eigenvalue weighted by Gasteiger charge is 2.38. The van der Waals surface area contributed by atoms with E-state index in [0.717, 1.165) is 10.9 Å². The molecule has 0 amide bonds. The predicted molar refractivity (Wildman–Crippen MR) is 72.4 cm³/mol. The molecule has 0 aliphatic carbocycles. The van der Waals surface area contributed by atoms with Gasteiger partial charge in [-0.1, -0.05) is 30.3 Å². The molecule has 0 aliphatic rings. The molecule has 1 aromatic carbocycles. The molecule has 0 bridgehead atoms. The van der Waals surface area contributed by atoms with Gasteiger partial charge in [0, 0.05) is 0 Å². The van der Waals surface area contributed by atoms with Crippen LogP contribution in [-0.4, -0.2) is 26.6 Å². The molecule has 2 aromatic heterocycles. The third kappa shape index (κ3) is 2.47. The van der Waals surface area contributed by atoms with Gasteiger partial charge in [0.2, 0.25) is 11.7 Å². The minimum Gasteiger partial charge on any atom is -0.479 e. The highest BCUT2D eigenvalue weighted by Crippen LogP contribution is 2.33. The highest BCUT2D eigenvalue weighted by atomic mass is 19.4. The molecule has 0 fully saturated rings. The molecule has 0 saturated heterocycles.